The van der Waals surface area contributed by atoms with Crippen LogP contribution in [0.5, 0.6) is 11.5 Å². The third kappa shape index (κ3) is 9.08. The Morgan fingerprint density at radius 3 is 1.99 bits per heavy atom. The molecule has 0 atom stereocenters. The van der Waals surface area contributed by atoms with Gasteiger partial charge in [-0.05, 0) is 105 Å². The summed E-state index contributed by atoms with van der Waals surface area (Å²) in [5.41, 5.74) is 10.8. The molecular formula is C72H54N6OPt-2. The van der Waals surface area contributed by atoms with Crippen molar-refractivity contribution < 1.29 is 44.1 Å². The van der Waals surface area contributed by atoms with Gasteiger partial charge in [-0.2, -0.15) is 18.2 Å². The SMILES string of the molecule is [2H]c1c([2H])c([2H])c(-c2cccc(-c3c([2H])c([2H])c([2H])c([2H])c3[2H])c2CCC[n+]2[c-]n(-c3[c-]c(Oc4[c-]c5c(cc4)c4cc(-c6cccc7c8ccccc8n(-c8ccccc8)c67)ccc4n5-c4cc(C(C)(C)C)ccn4)ccn3)c3ccccc32)c([2H])c1[2H].[Pt]. The van der Waals surface area contributed by atoms with Gasteiger partial charge < -0.3 is 28.0 Å². The molecule has 5 heterocycles. The van der Waals surface area contributed by atoms with Gasteiger partial charge in [-0.3, -0.25) is 0 Å². The summed E-state index contributed by atoms with van der Waals surface area (Å²) in [5, 5.41) is 4.34. The largest absolute Gasteiger partial charge is 0.522 e. The van der Waals surface area contributed by atoms with Crippen molar-refractivity contribution in [2.75, 3.05) is 0 Å². The molecule has 0 fully saturated rings. The first kappa shape index (κ1) is 40.1. The van der Waals surface area contributed by atoms with Gasteiger partial charge in [-0.15, -0.1) is 17.5 Å². The number of fused-ring (bicyclic) bond motifs is 7. The van der Waals surface area contributed by atoms with Crippen molar-refractivity contribution in [2.24, 2.45) is 0 Å². The summed E-state index contributed by atoms with van der Waals surface area (Å²) in [7, 11) is 0. The summed E-state index contributed by atoms with van der Waals surface area (Å²) in [4.78, 5) is 9.73. The van der Waals surface area contributed by atoms with E-state index in [0.717, 1.165) is 72.1 Å². The summed E-state index contributed by atoms with van der Waals surface area (Å²) in [6.45, 7) is 6.93. The van der Waals surface area contributed by atoms with Gasteiger partial charge in [0, 0.05) is 60.6 Å². The van der Waals surface area contributed by atoms with Crippen LogP contribution in [0.3, 0.4) is 0 Å². The van der Waals surface area contributed by atoms with Crippen molar-refractivity contribution in [1.29, 1.82) is 0 Å². The average molecular weight is 1220 g/mol. The number of pyridine rings is 2. The fourth-order valence-corrected chi connectivity index (χ4v) is 11.1. The number of aryl methyl sites for hydroxylation is 1. The summed E-state index contributed by atoms with van der Waals surface area (Å²) < 4.78 is 101. The minimum absolute atomic E-state index is 0. The molecule has 0 saturated carbocycles. The molecule has 8 heteroatoms. The Kier molecular flexibility index (Phi) is 10.5. The number of hydrogen-bond donors (Lipinski definition) is 0. The quantitative estimate of drug-likeness (QED) is 0.0905. The average Bonchev–Trinajstić information content (AvgIpc) is 1.59. The van der Waals surface area contributed by atoms with E-state index in [1.807, 2.05) is 47.2 Å². The van der Waals surface area contributed by atoms with Crippen LogP contribution >= 0.6 is 0 Å². The molecule has 0 bridgehead atoms. The molecule has 0 saturated heterocycles. The van der Waals surface area contributed by atoms with E-state index in [1.54, 1.807) is 35.0 Å². The Morgan fingerprint density at radius 1 is 0.550 bits per heavy atom. The molecule has 0 radical (unpaired) electrons. The molecular weight excluding hydrogens is 1160 g/mol. The smallest absolute Gasteiger partial charge is 0.244 e. The minimum Gasteiger partial charge on any atom is -0.522 e. The topological polar surface area (TPSA) is 53.7 Å². The monoisotopic (exact) mass is 1220 g/mol. The molecule has 0 spiro atoms. The van der Waals surface area contributed by atoms with Crippen LogP contribution in [-0.2, 0) is 39.4 Å². The zero-order valence-corrected chi connectivity index (χ0v) is 46.0. The first-order valence-electron chi connectivity index (χ1n) is 31.3. The van der Waals surface area contributed by atoms with E-state index in [0.29, 0.717) is 47.0 Å². The molecule has 0 aliphatic heterocycles. The van der Waals surface area contributed by atoms with E-state index < -0.39 is 60.4 Å². The maximum Gasteiger partial charge on any atom is 0.244 e. The molecule has 14 rings (SSSR count). The Bertz CT molecular complexity index is 5080. The van der Waals surface area contributed by atoms with E-state index in [2.05, 4.69) is 151 Å². The van der Waals surface area contributed by atoms with Gasteiger partial charge in [0.2, 0.25) is 6.33 Å². The molecule has 0 unspecified atom stereocenters. The predicted molar refractivity (Wildman–Crippen MR) is 321 cm³/mol. The Morgan fingerprint density at radius 2 is 1.21 bits per heavy atom. The zero-order chi connectivity index (χ0) is 61.7. The number of imidazole rings is 1. The standard InChI is InChI=1S/C72H54N6O.Pt/c1-72(2,3)52-39-41-74-70(45-52)78-65-38-35-51(58-29-18-30-62-60-26-13-14-32-64(60)77(71(58)62)53-24-11-6-12-25-53)44-63(65)61-37-36-54(46-68(61)78)79-55-40-42-73-69(47-55)76-48-75(66-33-15-16-34-67(66)76)43-19-31-59-56(49-20-7-4-8-21-49)27-17-28-57(59)50-22-9-5-10-23-50;/h4-18,20-30,32-42,44-45H,19,31,43H2,1-3H3;/q-2;/i4D,5D,7D,8D,9D,10D,20D,21D,22D,23D;. The Balaban J connectivity index is 0.00000743. The number of para-hydroxylation sites is 5. The molecule has 5 aromatic heterocycles. The van der Waals surface area contributed by atoms with Gasteiger partial charge in [0.25, 0.3) is 0 Å². The van der Waals surface area contributed by atoms with Crippen LogP contribution in [0.15, 0.2) is 237 Å². The van der Waals surface area contributed by atoms with Gasteiger partial charge >= 0.3 is 0 Å². The molecule has 0 aliphatic carbocycles. The number of benzene rings is 9. The number of ether oxygens (including phenoxy) is 1. The first-order chi connectivity index (χ1) is 43.0. The summed E-state index contributed by atoms with van der Waals surface area (Å²) >= 11 is 0. The summed E-state index contributed by atoms with van der Waals surface area (Å²) in [6, 6.07) is 57.1. The molecule has 7 nitrogen and oxygen atoms in total. The normalized spacial score (nSPS) is 13.5. The van der Waals surface area contributed by atoms with Crippen molar-refractivity contribution in [2.45, 2.75) is 45.6 Å². The molecule has 0 aliphatic rings. The molecule has 14 aromatic rings. The second-order valence-corrected chi connectivity index (χ2v) is 20.6. The summed E-state index contributed by atoms with van der Waals surface area (Å²) in [6.07, 6.45) is 7.60. The molecule has 0 amide bonds. The predicted octanol–water partition coefficient (Wildman–Crippen LogP) is 17.0. The van der Waals surface area contributed by atoms with Gasteiger partial charge in [-0.1, -0.05) is 202 Å². The Hall–Kier alpha value is -9.16. The van der Waals surface area contributed by atoms with E-state index in [1.165, 1.54) is 10.8 Å². The van der Waals surface area contributed by atoms with Crippen molar-refractivity contribution >= 4 is 54.6 Å². The van der Waals surface area contributed by atoms with Crippen molar-refractivity contribution in [3.63, 3.8) is 0 Å². The number of rotatable bonds is 12. The van der Waals surface area contributed by atoms with E-state index >= 15 is 0 Å². The third-order valence-corrected chi connectivity index (χ3v) is 14.8. The maximum atomic E-state index is 8.93. The minimum atomic E-state index is -0.542. The van der Waals surface area contributed by atoms with Crippen LogP contribution in [0.2, 0.25) is 0 Å². The van der Waals surface area contributed by atoms with Crippen LogP contribution in [0, 0.1) is 18.5 Å². The van der Waals surface area contributed by atoms with Gasteiger partial charge in [0.15, 0.2) is 0 Å². The zero-order valence-electron chi connectivity index (χ0n) is 53.8. The second kappa shape index (κ2) is 20.9. The fourth-order valence-electron chi connectivity index (χ4n) is 11.1. The number of aromatic nitrogens is 6. The Labute approximate surface area is 494 Å². The summed E-state index contributed by atoms with van der Waals surface area (Å²) in [5.74, 6) is 1.98. The van der Waals surface area contributed by atoms with Gasteiger partial charge in [0.05, 0.1) is 48.1 Å². The molecule has 0 N–H and O–H groups in total. The maximum absolute atomic E-state index is 8.93. The molecule has 390 valence electrons. The van der Waals surface area contributed by atoms with Crippen LogP contribution in [0.4, 0.5) is 0 Å². The first-order valence-corrected chi connectivity index (χ1v) is 26.3. The van der Waals surface area contributed by atoms with Gasteiger partial charge in [0.1, 0.15) is 5.82 Å². The van der Waals surface area contributed by atoms with Crippen LogP contribution in [0.25, 0.3) is 105 Å². The van der Waals surface area contributed by atoms with Crippen molar-refractivity contribution in [3.8, 4) is 62.2 Å². The van der Waals surface area contributed by atoms with Crippen LogP contribution in [-0.4, -0.2) is 23.7 Å². The number of nitrogens with zero attached hydrogens (tertiary/aromatic N) is 6. The van der Waals surface area contributed by atoms with Crippen molar-refractivity contribution in [1.82, 2.24) is 23.7 Å². The second-order valence-electron chi connectivity index (χ2n) is 20.6. The van der Waals surface area contributed by atoms with E-state index in [-0.39, 0.29) is 44.0 Å². The third-order valence-electron chi connectivity index (χ3n) is 14.8. The van der Waals surface area contributed by atoms with E-state index in [4.69, 9.17) is 28.4 Å². The van der Waals surface area contributed by atoms with E-state index in [9.17, 15) is 0 Å². The van der Waals surface area contributed by atoms with Crippen LogP contribution in [0.1, 0.15) is 52.0 Å². The van der Waals surface area contributed by atoms with Crippen molar-refractivity contribution in [3.05, 3.63) is 266 Å². The van der Waals surface area contributed by atoms with Crippen LogP contribution < -0.4 is 9.30 Å². The molecule has 9 aromatic carbocycles. The fraction of sp³-hybridized carbons (Fsp3) is 0.0972. The van der Waals surface area contributed by atoms with Gasteiger partial charge in [-0.25, -0.2) is 4.98 Å². The number of hydrogen-bond acceptors (Lipinski definition) is 3. The molecule has 80 heavy (non-hydrogen) atoms.